The van der Waals surface area contributed by atoms with E-state index in [1.165, 1.54) is 0 Å². The van der Waals surface area contributed by atoms with Gasteiger partial charge in [-0.3, -0.25) is 0 Å². The van der Waals surface area contributed by atoms with Gasteiger partial charge in [-0.25, -0.2) is 35.1 Å². The molecule has 22 aromatic rings. The summed E-state index contributed by atoms with van der Waals surface area (Å²) >= 11 is 0. The van der Waals surface area contributed by atoms with Gasteiger partial charge in [0.05, 0.1) is 88.8 Å². The number of hydrogen-bond donors (Lipinski definition) is 0. The van der Waals surface area contributed by atoms with Crippen molar-refractivity contribution in [2.45, 2.75) is 10.8 Å². The van der Waals surface area contributed by atoms with Crippen LogP contribution in [0.15, 0.2) is 388 Å². The first kappa shape index (κ1) is 72.2. The maximum atomic E-state index is 18.5. The van der Waals surface area contributed by atoms with Gasteiger partial charge < -0.3 is 28.1 Å². The van der Waals surface area contributed by atoms with Crippen LogP contribution in [0.5, 0.6) is 0 Å². The molecule has 0 saturated carbocycles. The second kappa shape index (κ2) is 27.4. The van der Waals surface area contributed by atoms with E-state index in [1.807, 2.05) is 194 Å². The lowest BCUT2D eigenvalue weighted by molar-refractivity contribution is 0.444. The fraction of sp³-hybridized carbons (Fsp3) is 0.0182. The third-order valence-electron chi connectivity index (χ3n) is 25.9. The van der Waals surface area contributed by atoms with Crippen molar-refractivity contribution in [2.75, 3.05) is 9.80 Å². The van der Waals surface area contributed by atoms with Gasteiger partial charge in [-0.15, -0.1) is 0 Å². The Bertz CT molecular complexity index is 7080. The fourth-order valence-electron chi connectivity index (χ4n) is 20.9. The van der Waals surface area contributed by atoms with Crippen molar-refractivity contribution in [3.05, 3.63) is 479 Å². The summed E-state index contributed by atoms with van der Waals surface area (Å²) in [6, 6.07) is 125. The maximum Gasteiger partial charge on any atom is 0.186 e. The minimum absolute atomic E-state index is 0.0706. The number of rotatable bonds is 11. The van der Waals surface area contributed by atoms with E-state index in [2.05, 4.69) is 115 Å². The smallest absolute Gasteiger partial charge is 0.186 e. The van der Waals surface area contributed by atoms with Crippen molar-refractivity contribution in [3.8, 4) is 33.9 Å². The Balaban J connectivity index is 0.656. The number of para-hydroxylation sites is 12. The number of nitrogens with zero attached hydrogens (tertiary/aromatic N) is 6. The van der Waals surface area contributed by atoms with E-state index in [9.17, 15) is 0 Å². The Labute approximate surface area is 704 Å². The van der Waals surface area contributed by atoms with Gasteiger partial charge in [0.25, 0.3) is 0 Å². The molecule has 0 bridgehead atoms. The van der Waals surface area contributed by atoms with Gasteiger partial charge >= 0.3 is 0 Å². The highest BCUT2D eigenvalue weighted by molar-refractivity contribution is 6.13. The van der Waals surface area contributed by atoms with Crippen LogP contribution >= 0.6 is 0 Å². The molecule has 0 N–H and O–H groups in total. The second-order valence-corrected chi connectivity index (χ2v) is 31.9. The van der Waals surface area contributed by atoms with Crippen molar-refractivity contribution in [2.24, 2.45) is 0 Å². The molecule has 0 saturated heterocycles. The third kappa shape index (κ3) is 9.92. The van der Waals surface area contributed by atoms with Crippen LogP contribution in [0.25, 0.3) is 121 Å². The largest absolute Gasteiger partial charge is 0.309 e. The first-order valence-corrected chi connectivity index (χ1v) is 41.0. The van der Waals surface area contributed by atoms with Crippen LogP contribution in [-0.2, 0) is 10.8 Å². The quantitative estimate of drug-likeness (QED) is 0.0953. The SMILES string of the molecule is Fc1c(F)c(N2c3ccccc3C(c3ccc(-n4c5ccccc5c5ccccc54)cc3)(c3ccc(-n4c5ccccc5c5ccccc54)cc3)c3ccccc32)c(F)c(F)c1-c1c(F)c(F)c(N2c3ccccc3C(c3ccc(-n4c5ccccc5c5ccccc54)cc3)(c3ccc(-n4c5ccccc5c5ccccc54)cc3)c3ccccc32)c(F)c1F. The van der Waals surface area contributed by atoms with Crippen LogP contribution in [0, 0.1) is 46.5 Å². The van der Waals surface area contributed by atoms with Gasteiger partial charge in [0.2, 0.25) is 0 Å². The van der Waals surface area contributed by atoms with Gasteiger partial charge in [-0.2, -0.15) is 0 Å². The number of hydrogen-bond acceptors (Lipinski definition) is 2. The Hall–Kier alpha value is -15.8. The van der Waals surface area contributed by atoms with Gasteiger partial charge in [-0.1, -0.05) is 267 Å². The predicted molar refractivity (Wildman–Crippen MR) is 482 cm³/mol. The zero-order valence-electron chi connectivity index (χ0n) is 65.7. The molecular formula is C110H64F8N6. The second-order valence-electron chi connectivity index (χ2n) is 31.9. The van der Waals surface area contributed by atoms with Gasteiger partial charge in [0.1, 0.15) is 11.4 Å². The lowest BCUT2D eigenvalue weighted by Gasteiger charge is -2.46. The van der Waals surface area contributed by atoms with Gasteiger partial charge in [0, 0.05) is 65.8 Å². The van der Waals surface area contributed by atoms with Crippen LogP contribution in [0.3, 0.4) is 0 Å². The van der Waals surface area contributed by atoms with E-state index in [0.717, 1.165) is 120 Å². The molecule has 0 fully saturated rings. The predicted octanol–water partition coefficient (Wildman–Crippen LogP) is 29.2. The lowest BCUT2D eigenvalue weighted by Crippen LogP contribution is -2.38. The molecule has 590 valence electrons. The van der Waals surface area contributed by atoms with Crippen LogP contribution in [0.1, 0.15) is 44.5 Å². The number of aromatic nitrogens is 4. The summed E-state index contributed by atoms with van der Waals surface area (Å²) in [5, 5.41) is 8.48. The first-order valence-electron chi connectivity index (χ1n) is 41.0. The number of benzene rings is 18. The summed E-state index contributed by atoms with van der Waals surface area (Å²) in [7, 11) is 0. The van der Waals surface area contributed by atoms with Crippen LogP contribution in [-0.4, -0.2) is 18.3 Å². The summed E-state index contributed by atoms with van der Waals surface area (Å²) < 4.78 is 156. The molecule has 0 spiro atoms. The summed E-state index contributed by atoms with van der Waals surface area (Å²) in [6.45, 7) is 0. The Morgan fingerprint density at radius 1 is 0.161 bits per heavy atom. The van der Waals surface area contributed by atoms with Gasteiger partial charge in [0.15, 0.2) is 46.5 Å². The molecular weight excluding hydrogens is 1560 g/mol. The molecule has 6 heterocycles. The maximum absolute atomic E-state index is 18.5. The third-order valence-corrected chi connectivity index (χ3v) is 25.9. The Kier molecular flexibility index (Phi) is 15.9. The average Bonchev–Trinajstić information content (AvgIpc) is 0.748. The fourth-order valence-corrected chi connectivity index (χ4v) is 20.9. The van der Waals surface area contributed by atoms with E-state index in [0.29, 0.717) is 44.5 Å². The highest BCUT2D eigenvalue weighted by Crippen LogP contribution is 2.62. The minimum Gasteiger partial charge on any atom is -0.309 e. The first-order chi connectivity index (χ1) is 60.9. The van der Waals surface area contributed by atoms with E-state index in [-0.39, 0.29) is 22.7 Å². The van der Waals surface area contributed by atoms with Crippen LogP contribution in [0.4, 0.5) is 69.2 Å². The van der Waals surface area contributed by atoms with E-state index in [1.54, 1.807) is 97.1 Å². The molecule has 2 aliphatic heterocycles. The number of halogens is 8. The molecule has 0 radical (unpaired) electrons. The molecule has 6 nitrogen and oxygen atoms in total. The standard InChI is InChI=1S/C110H64F8N6/c111-99-97(100(112)104(116)107(103(99)115)123-93-45-21-9-33-81(93)109(82-34-10-22-46-94(82)123,65-49-57-69(58-50-65)119-85-37-13-1-25-73(85)74-26-2-14-38-86(74)119)66-51-59-70(60-52-66)120-87-39-15-3-27-75(87)76-28-4-16-40-88(76)120)98-101(113)105(117)108(106(118)102(98)114)124-95-47-23-11-35-83(95)110(84-36-12-24-48-96(84)124,67-53-61-71(62-54-67)121-89-41-17-5-29-77(89)78-30-6-18-42-90(78)121)68-55-63-72(64-56-68)122-91-43-19-7-31-79(91)80-32-8-20-44-92(80)122/h1-64H. The highest BCUT2D eigenvalue weighted by atomic mass is 19.2. The Morgan fingerprint density at radius 2 is 0.323 bits per heavy atom. The summed E-state index contributed by atoms with van der Waals surface area (Å²) in [5.74, 6) is -17.7. The number of fused-ring (bicyclic) bond motifs is 16. The highest BCUT2D eigenvalue weighted by Gasteiger charge is 2.51. The molecule has 0 aliphatic carbocycles. The van der Waals surface area contributed by atoms with Crippen molar-refractivity contribution < 1.29 is 35.1 Å². The average molecular weight is 1620 g/mol. The molecule has 0 unspecified atom stereocenters. The normalized spacial score (nSPS) is 13.4. The van der Waals surface area contributed by atoms with Gasteiger partial charge in [-0.05, 0) is 166 Å². The summed E-state index contributed by atoms with van der Waals surface area (Å²) in [4.78, 5) is 2.12. The molecule has 4 aromatic heterocycles. The molecule has 2 aliphatic rings. The molecule has 124 heavy (non-hydrogen) atoms. The molecule has 0 amide bonds. The van der Waals surface area contributed by atoms with Crippen LogP contribution in [0.2, 0.25) is 0 Å². The number of anilines is 6. The lowest BCUT2D eigenvalue weighted by atomic mass is 9.62. The molecule has 18 aromatic carbocycles. The van der Waals surface area contributed by atoms with E-state index >= 15 is 35.1 Å². The summed E-state index contributed by atoms with van der Waals surface area (Å²) in [6.07, 6.45) is 0. The van der Waals surface area contributed by atoms with E-state index < -0.39 is 79.9 Å². The van der Waals surface area contributed by atoms with Crippen molar-refractivity contribution in [1.29, 1.82) is 0 Å². The molecule has 0 atom stereocenters. The molecule has 14 heteroatoms. The van der Waals surface area contributed by atoms with E-state index in [4.69, 9.17) is 0 Å². The topological polar surface area (TPSA) is 26.2 Å². The summed E-state index contributed by atoms with van der Waals surface area (Å²) in [5.41, 5.74) is 6.52. The molecule has 24 rings (SSSR count). The van der Waals surface area contributed by atoms with Crippen molar-refractivity contribution >= 4 is 121 Å². The van der Waals surface area contributed by atoms with Crippen molar-refractivity contribution in [3.63, 3.8) is 0 Å². The zero-order valence-corrected chi connectivity index (χ0v) is 65.7. The van der Waals surface area contributed by atoms with Crippen LogP contribution < -0.4 is 9.80 Å². The Morgan fingerprint density at radius 3 is 0.508 bits per heavy atom. The zero-order chi connectivity index (χ0) is 83.1. The minimum atomic E-state index is -2.32. The van der Waals surface area contributed by atoms with Crippen molar-refractivity contribution in [1.82, 2.24) is 18.3 Å². The monoisotopic (exact) mass is 1620 g/mol.